The van der Waals surface area contributed by atoms with E-state index in [4.69, 9.17) is 0 Å². The zero-order valence-corrected chi connectivity index (χ0v) is 11.9. The normalized spacial score (nSPS) is 19.4. The topological polar surface area (TPSA) is 32.3 Å². The lowest BCUT2D eigenvalue weighted by molar-refractivity contribution is -0.144. The molecule has 3 heteroatoms. The summed E-state index contributed by atoms with van der Waals surface area (Å²) in [6, 6.07) is 0. The predicted octanol–water partition coefficient (Wildman–Crippen LogP) is 2.27. The molecule has 0 aromatic heterocycles. The summed E-state index contributed by atoms with van der Waals surface area (Å²) in [5.74, 6) is 0.937. The van der Waals surface area contributed by atoms with Crippen molar-refractivity contribution in [2.45, 2.75) is 47.0 Å². The Bertz CT molecular complexity index is 245. The van der Waals surface area contributed by atoms with E-state index in [1.165, 1.54) is 0 Å². The SMILES string of the molecule is CCN(CC(C)C)C(=O)C1(CC)CCNCC1. The van der Waals surface area contributed by atoms with Gasteiger partial charge in [-0.1, -0.05) is 20.8 Å². The van der Waals surface area contributed by atoms with E-state index in [9.17, 15) is 4.79 Å². The highest BCUT2D eigenvalue weighted by Gasteiger charge is 2.40. The lowest BCUT2D eigenvalue weighted by atomic mass is 9.75. The molecule has 3 nitrogen and oxygen atoms in total. The Balaban J connectivity index is 2.75. The van der Waals surface area contributed by atoms with Crippen molar-refractivity contribution in [3.05, 3.63) is 0 Å². The number of nitrogens with one attached hydrogen (secondary N) is 1. The van der Waals surface area contributed by atoms with Gasteiger partial charge in [-0.2, -0.15) is 0 Å². The molecule has 0 unspecified atom stereocenters. The first kappa shape index (κ1) is 14.5. The summed E-state index contributed by atoms with van der Waals surface area (Å²) in [7, 11) is 0. The number of nitrogens with zero attached hydrogens (tertiary/aromatic N) is 1. The smallest absolute Gasteiger partial charge is 0.228 e. The lowest BCUT2D eigenvalue weighted by Gasteiger charge is -2.39. The van der Waals surface area contributed by atoms with E-state index in [-0.39, 0.29) is 5.41 Å². The predicted molar refractivity (Wildman–Crippen MR) is 71.9 cm³/mol. The second kappa shape index (κ2) is 6.39. The highest BCUT2D eigenvalue weighted by Crippen LogP contribution is 2.34. The number of carbonyl (C=O) groups is 1. The molecule has 0 saturated carbocycles. The molecule has 1 saturated heterocycles. The van der Waals surface area contributed by atoms with Crippen LogP contribution in [0.2, 0.25) is 0 Å². The molecule has 1 amide bonds. The third kappa shape index (κ3) is 3.44. The van der Waals surface area contributed by atoms with Crippen LogP contribution >= 0.6 is 0 Å². The first-order valence-corrected chi connectivity index (χ1v) is 7.06. The minimum Gasteiger partial charge on any atom is -0.342 e. The van der Waals surface area contributed by atoms with Gasteiger partial charge in [-0.15, -0.1) is 0 Å². The summed E-state index contributed by atoms with van der Waals surface area (Å²) < 4.78 is 0. The van der Waals surface area contributed by atoms with Gasteiger partial charge in [-0.25, -0.2) is 0 Å². The molecule has 0 atom stereocenters. The number of hydrogen-bond acceptors (Lipinski definition) is 2. The molecule has 0 aliphatic carbocycles. The van der Waals surface area contributed by atoms with Crippen LogP contribution in [0.4, 0.5) is 0 Å². The molecule has 0 radical (unpaired) electrons. The molecule has 1 heterocycles. The fourth-order valence-corrected chi connectivity index (χ4v) is 2.76. The van der Waals surface area contributed by atoms with E-state index >= 15 is 0 Å². The van der Waals surface area contributed by atoms with Gasteiger partial charge in [-0.05, 0) is 45.2 Å². The summed E-state index contributed by atoms with van der Waals surface area (Å²) in [4.78, 5) is 14.8. The summed E-state index contributed by atoms with van der Waals surface area (Å²) >= 11 is 0. The Hall–Kier alpha value is -0.570. The largest absolute Gasteiger partial charge is 0.342 e. The van der Waals surface area contributed by atoms with Crippen molar-refractivity contribution in [1.29, 1.82) is 0 Å². The Kier molecular flexibility index (Phi) is 5.44. The number of hydrogen-bond donors (Lipinski definition) is 1. The third-order valence-electron chi connectivity index (χ3n) is 3.95. The average Bonchev–Trinajstić information content (AvgIpc) is 2.35. The van der Waals surface area contributed by atoms with E-state index in [1.54, 1.807) is 0 Å². The van der Waals surface area contributed by atoms with Gasteiger partial charge in [0.1, 0.15) is 0 Å². The molecule has 17 heavy (non-hydrogen) atoms. The third-order valence-corrected chi connectivity index (χ3v) is 3.95. The maximum Gasteiger partial charge on any atom is 0.228 e. The standard InChI is InChI=1S/C14H28N2O/c1-5-14(7-9-15-10-8-14)13(17)16(6-2)11-12(3)4/h12,15H,5-11H2,1-4H3. The molecule has 1 rings (SSSR count). The van der Waals surface area contributed by atoms with Crippen LogP contribution in [-0.4, -0.2) is 37.0 Å². The molecular weight excluding hydrogens is 212 g/mol. The van der Waals surface area contributed by atoms with E-state index < -0.39 is 0 Å². The van der Waals surface area contributed by atoms with Gasteiger partial charge in [0.05, 0.1) is 5.41 Å². The van der Waals surface area contributed by atoms with E-state index in [1.807, 2.05) is 0 Å². The first-order chi connectivity index (χ1) is 8.05. The van der Waals surface area contributed by atoms with Gasteiger partial charge >= 0.3 is 0 Å². The Morgan fingerprint density at radius 2 is 1.88 bits per heavy atom. The van der Waals surface area contributed by atoms with Crippen LogP contribution in [0.25, 0.3) is 0 Å². The van der Waals surface area contributed by atoms with Crippen LogP contribution in [0.1, 0.15) is 47.0 Å². The van der Waals surface area contributed by atoms with Crippen LogP contribution in [0, 0.1) is 11.3 Å². The minimum atomic E-state index is -0.0872. The maximum atomic E-state index is 12.7. The molecule has 1 aliphatic rings. The summed E-state index contributed by atoms with van der Waals surface area (Å²) in [5, 5.41) is 3.36. The monoisotopic (exact) mass is 240 g/mol. The van der Waals surface area contributed by atoms with Crippen molar-refractivity contribution < 1.29 is 4.79 Å². The van der Waals surface area contributed by atoms with E-state index in [0.29, 0.717) is 11.8 Å². The highest BCUT2D eigenvalue weighted by atomic mass is 16.2. The van der Waals surface area contributed by atoms with Crippen LogP contribution in [0.15, 0.2) is 0 Å². The fourth-order valence-electron chi connectivity index (χ4n) is 2.76. The lowest BCUT2D eigenvalue weighted by Crippen LogP contribution is -2.49. The van der Waals surface area contributed by atoms with Gasteiger partial charge in [-0.3, -0.25) is 4.79 Å². The van der Waals surface area contributed by atoms with Crippen molar-refractivity contribution in [3.8, 4) is 0 Å². The van der Waals surface area contributed by atoms with Gasteiger partial charge in [0.15, 0.2) is 0 Å². The van der Waals surface area contributed by atoms with Crippen molar-refractivity contribution in [1.82, 2.24) is 10.2 Å². The minimum absolute atomic E-state index is 0.0872. The Labute approximate surface area is 106 Å². The molecule has 1 aliphatic heterocycles. The summed E-state index contributed by atoms with van der Waals surface area (Å²) in [6.45, 7) is 12.3. The van der Waals surface area contributed by atoms with Gasteiger partial charge < -0.3 is 10.2 Å². The van der Waals surface area contributed by atoms with Gasteiger partial charge in [0.2, 0.25) is 5.91 Å². The summed E-state index contributed by atoms with van der Waals surface area (Å²) in [6.07, 6.45) is 2.97. The molecule has 100 valence electrons. The Morgan fingerprint density at radius 3 is 2.29 bits per heavy atom. The molecule has 0 bridgehead atoms. The van der Waals surface area contributed by atoms with Crippen molar-refractivity contribution in [3.63, 3.8) is 0 Å². The van der Waals surface area contributed by atoms with Crippen LogP contribution in [0.5, 0.6) is 0 Å². The van der Waals surface area contributed by atoms with Crippen LogP contribution < -0.4 is 5.32 Å². The van der Waals surface area contributed by atoms with Crippen LogP contribution in [0.3, 0.4) is 0 Å². The van der Waals surface area contributed by atoms with Gasteiger partial charge in [0, 0.05) is 13.1 Å². The highest BCUT2D eigenvalue weighted by molar-refractivity contribution is 5.82. The first-order valence-electron chi connectivity index (χ1n) is 7.06. The second-order valence-electron chi connectivity index (χ2n) is 5.62. The quantitative estimate of drug-likeness (QED) is 0.799. The second-order valence-corrected chi connectivity index (χ2v) is 5.62. The van der Waals surface area contributed by atoms with Crippen molar-refractivity contribution in [2.24, 2.45) is 11.3 Å². The van der Waals surface area contributed by atoms with E-state index in [0.717, 1.165) is 45.4 Å². The van der Waals surface area contributed by atoms with Gasteiger partial charge in [0.25, 0.3) is 0 Å². The van der Waals surface area contributed by atoms with Crippen LogP contribution in [-0.2, 0) is 4.79 Å². The number of amides is 1. The number of rotatable bonds is 5. The molecular formula is C14H28N2O. The zero-order chi connectivity index (χ0) is 12.9. The molecule has 0 aromatic rings. The Morgan fingerprint density at radius 1 is 1.29 bits per heavy atom. The molecule has 1 N–H and O–H groups in total. The zero-order valence-electron chi connectivity index (χ0n) is 11.9. The molecule has 0 aromatic carbocycles. The summed E-state index contributed by atoms with van der Waals surface area (Å²) in [5.41, 5.74) is -0.0872. The number of carbonyl (C=O) groups excluding carboxylic acids is 1. The molecule has 0 spiro atoms. The van der Waals surface area contributed by atoms with Crippen molar-refractivity contribution >= 4 is 5.91 Å². The maximum absolute atomic E-state index is 12.7. The van der Waals surface area contributed by atoms with Crippen molar-refractivity contribution in [2.75, 3.05) is 26.2 Å². The average molecular weight is 240 g/mol. The fraction of sp³-hybridized carbons (Fsp3) is 0.929. The number of piperidine rings is 1. The van der Waals surface area contributed by atoms with E-state index in [2.05, 4.69) is 37.9 Å². The molecule has 1 fully saturated rings.